The van der Waals surface area contributed by atoms with Crippen molar-refractivity contribution in [3.8, 4) is 11.3 Å². The summed E-state index contributed by atoms with van der Waals surface area (Å²) in [4.78, 5) is 16.1. The van der Waals surface area contributed by atoms with Gasteiger partial charge in [-0.3, -0.25) is 0 Å². The summed E-state index contributed by atoms with van der Waals surface area (Å²) in [5, 5.41) is 10.9. The Bertz CT molecular complexity index is 1030. The number of hydrogen-bond donors (Lipinski definition) is 1. The highest BCUT2D eigenvalue weighted by Crippen LogP contribution is 2.40. The third-order valence-electron chi connectivity index (χ3n) is 6.06. The summed E-state index contributed by atoms with van der Waals surface area (Å²) in [6.45, 7) is 5.44. The number of halogens is 2. The Morgan fingerprint density at radius 3 is 2.60 bits per heavy atom. The zero-order valence-corrected chi connectivity index (χ0v) is 18.5. The number of aromatic nitrogens is 3. The molecule has 3 heterocycles. The average Bonchev–Trinajstić information content (AvgIpc) is 3.31. The van der Waals surface area contributed by atoms with Crippen molar-refractivity contribution in [2.75, 3.05) is 18.0 Å². The molecule has 1 aromatic carbocycles. The lowest BCUT2D eigenvalue weighted by atomic mass is 9.76. The van der Waals surface area contributed by atoms with E-state index in [9.17, 15) is 5.11 Å². The fourth-order valence-corrected chi connectivity index (χ4v) is 4.58. The fourth-order valence-electron chi connectivity index (χ4n) is 4.19. The molecule has 6 nitrogen and oxygen atoms in total. The van der Waals surface area contributed by atoms with Gasteiger partial charge in [-0.05, 0) is 32.3 Å². The number of aryl methyl sites for hydroxylation is 1. The highest BCUT2D eigenvalue weighted by Gasteiger charge is 2.39. The fraction of sp³-hybridized carbons (Fsp3) is 0.409. The predicted molar refractivity (Wildman–Crippen MR) is 118 cm³/mol. The van der Waals surface area contributed by atoms with Gasteiger partial charge in [-0.1, -0.05) is 42.3 Å². The second-order valence-electron chi connectivity index (χ2n) is 7.65. The van der Waals surface area contributed by atoms with Gasteiger partial charge in [-0.15, -0.1) is 0 Å². The molecule has 158 valence electrons. The lowest BCUT2D eigenvalue weighted by Crippen LogP contribution is -2.43. The molecule has 30 heavy (non-hydrogen) atoms. The van der Waals surface area contributed by atoms with Crippen LogP contribution in [0.4, 0.5) is 5.82 Å². The first kappa shape index (κ1) is 21.1. The first-order valence-corrected chi connectivity index (χ1v) is 10.8. The molecule has 4 rings (SSSR count). The van der Waals surface area contributed by atoms with Crippen LogP contribution in [0.15, 0.2) is 35.1 Å². The van der Waals surface area contributed by atoms with Crippen molar-refractivity contribution in [3.05, 3.63) is 58.0 Å². The van der Waals surface area contributed by atoms with Crippen LogP contribution in [0.1, 0.15) is 43.5 Å². The molecule has 8 heteroatoms. The molecule has 1 saturated heterocycles. The van der Waals surface area contributed by atoms with Gasteiger partial charge in [0.15, 0.2) is 11.7 Å². The minimum atomic E-state index is -0.205. The molecule has 0 radical (unpaired) electrons. The Morgan fingerprint density at radius 1 is 1.20 bits per heavy atom. The van der Waals surface area contributed by atoms with Gasteiger partial charge in [-0.25, -0.2) is 15.0 Å². The van der Waals surface area contributed by atoms with E-state index < -0.39 is 0 Å². The van der Waals surface area contributed by atoms with Crippen molar-refractivity contribution in [1.29, 1.82) is 0 Å². The van der Waals surface area contributed by atoms with E-state index in [0.29, 0.717) is 32.8 Å². The summed E-state index contributed by atoms with van der Waals surface area (Å²) in [7, 11) is 0. The van der Waals surface area contributed by atoms with Crippen molar-refractivity contribution >= 4 is 29.0 Å². The van der Waals surface area contributed by atoms with Crippen LogP contribution < -0.4 is 4.90 Å². The van der Waals surface area contributed by atoms with E-state index >= 15 is 0 Å². The molecule has 0 unspecified atom stereocenters. The molecule has 1 aliphatic rings. The van der Waals surface area contributed by atoms with Crippen LogP contribution in [-0.2, 0) is 12.0 Å². The lowest BCUT2D eigenvalue weighted by Gasteiger charge is -2.40. The van der Waals surface area contributed by atoms with Gasteiger partial charge >= 0.3 is 0 Å². The smallest absolute Gasteiger partial charge is 0.200 e. The van der Waals surface area contributed by atoms with Crippen molar-refractivity contribution in [1.82, 2.24) is 15.0 Å². The molecule has 1 fully saturated rings. The first-order valence-electron chi connectivity index (χ1n) is 10.1. The van der Waals surface area contributed by atoms with Gasteiger partial charge in [0.2, 0.25) is 0 Å². The standard InChI is InChI=1S/C22H24Cl2N4O2/c1-3-22(21-25-9-12-30-21)7-10-28(11-8-22)20-17(13-29)27-19(14(2)26-20)15-5-4-6-16(23)18(15)24/h4-6,9,12,29H,3,7-8,10-11,13H2,1-2H3. The average molecular weight is 447 g/mol. The van der Waals surface area contributed by atoms with E-state index in [4.69, 9.17) is 37.6 Å². The van der Waals surface area contributed by atoms with E-state index in [-0.39, 0.29) is 12.0 Å². The molecule has 1 N–H and O–H groups in total. The summed E-state index contributed by atoms with van der Waals surface area (Å²) in [5.41, 5.74) is 2.56. The highest BCUT2D eigenvalue weighted by atomic mass is 35.5. The second kappa shape index (κ2) is 8.53. The van der Waals surface area contributed by atoms with E-state index in [0.717, 1.165) is 43.9 Å². The van der Waals surface area contributed by atoms with Crippen LogP contribution in [0.2, 0.25) is 10.0 Å². The third kappa shape index (κ3) is 3.68. The van der Waals surface area contributed by atoms with Crippen molar-refractivity contribution in [2.24, 2.45) is 0 Å². The maximum Gasteiger partial charge on any atom is 0.200 e. The van der Waals surface area contributed by atoms with Crippen LogP contribution in [0.25, 0.3) is 11.3 Å². The minimum Gasteiger partial charge on any atom is -0.448 e. The number of aliphatic hydroxyl groups is 1. The normalized spacial score (nSPS) is 16.1. The van der Waals surface area contributed by atoms with Crippen molar-refractivity contribution < 1.29 is 9.52 Å². The van der Waals surface area contributed by atoms with Gasteiger partial charge in [0.25, 0.3) is 0 Å². The summed E-state index contributed by atoms with van der Waals surface area (Å²) in [5.74, 6) is 1.52. The van der Waals surface area contributed by atoms with Crippen LogP contribution in [-0.4, -0.2) is 33.1 Å². The van der Waals surface area contributed by atoms with E-state index in [1.165, 1.54) is 0 Å². The first-order chi connectivity index (χ1) is 14.5. The molecule has 0 bridgehead atoms. The number of piperidine rings is 1. The number of oxazole rings is 1. The van der Waals surface area contributed by atoms with Crippen LogP contribution in [0, 0.1) is 6.92 Å². The molecule has 3 aromatic rings. The van der Waals surface area contributed by atoms with Gasteiger partial charge in [0.05, 0.1) is 34.2 Å². The Balaban J connectivity index is 1.64. The lowest BCUT2D eigenvalue weighted by molar-refractivity contribution is 0.250. The molecular formula is C22H24Cl2N4O2. The molecule has 0 aliphatic carbocycles. The summed E-state index contributed by atoms with van der Waals surface area (Å²) >= 11 is 12.6. The van der Waals surface area contributed by atoms with E-state index in [2.05, 4.69) is 16.8 Å². The number of nitrogens with zero attached hydrogens (tertiary/aromatic N) is 4. The number of hydrogen-bond acceptors (Lipinski definition) is 6. The Kier molecular flexibility index (Phi) is 6.00. The Hall–Kier alpha value is -2.15. The molecule has 0 atom stereocenters. The van der Waals surface area contributed by atoms with Gasteiger partial charge in [-0.2, -0.15) is 0 Å². The zero-order chi connectivity index (χ0) is 21.3. The topological polar surface area (TPSA) is 75.3 Å². The second-order valence-corrected chi connectivity index (χ2v) is 8.43. The summed E-state index contributed by atoms with van der Waals surface area (Å²) < 4.78 is 5.64. The largest absolute Gasteiger partial charge is 0.448 e. The molecule has 1 aliphatic heterocycles. The quantitative estimate of drug-likeness (QED) is 0.581. The van der Waals surface area contributed by atoms with Crippen LogP contribution in [0.5, 0.6) is 0 Å². The van der Waals surface area contributed by atoms with E-state index in [1.54, 1.807) is 18.5 Å². The summed E-state index contributed by atoms with van der Waals surface area (Å²) in [6, 6.07) is 5.42. The monoisotopic (exact) mass is 446 g/mol. The SMILES string of the molecule is CCC1(c2ncco2)CCN(c2nc(C)c(-c3cccc(Cl)c3Cl)nc2CO)CC1. The maximum absolute atomic E-state index is 10.0. The predicted octanol–water partition coefficient (Wildman–Crippen LogP) is 5.19. The molecule has 0 spiro atoms. The van der Waals surface area contributed by atoms with Gasteiger partial charge in [0, 0.05) is 24.1 Å². The zero-order valence-electron chi connectivity index (χ0n) is 17.0. The van der Waals surface area contributed by atoms with Gasteiger partial charge in [0.1, 0.15) is 12.0 Å². The number of anilines is 1. The Labute approximate surface area is 185 Å². The van der Waals surface area contributed by atoms with Crippen molar-refractivity contribution in [3.63, 3.8) is 0 Å². The molecule has 0 amide bonds. The maximum atomic E-state index is 10.0. The van der Waals surface area contributed by atoms with Gasteiger partial charge < -0.3 is 14.4 Å². The van der Waals surface area contributed by atoms with Crippen LogP contribution in [0.3, 0.4) is 0 Å². The minimum absolute atomic E-state index is 0.0594. The number of aliphatic hydroxyl groups excluding tert-OH is 1. The van der Waals surface area contributed by atoms with Crippen molar-refractivity contribution in [2.45, 2.75) is 45.1 Å². The molecule has 0 saturated carbocycles. The number of rotatable bonds is 5. The highest BCUT2D eigenvalue weighted by molar-refractivity contribution is 6.43. The van der Waals surface area contributed by atoms with Crippen LogP contribution >= 0.6 is 23.2 Å². The molecular weight excluding hydrogens is 423 g/mol. The third-order valence-corrected chi connectivity index (χ3v) is 6.88. The van der Waals surface area contributed by atoms with E-state index in [1.807, 2.05) is 19.1 Å². The number of benzene rings is 1. The Morgan fingerprint density at radius 2 is 1.97 bits per heavy atom. The molecule has 2 aromatic heterocycles. The summed E-state index contributed by atoms with van der Waals surface area (Å²) in [6.07, 6.45) is 6.11.